The summed E-state index contributed by atoms with van der Waals surface area (Å²) < 4.78 is 0. The molecule has 2 rings (SSSR count). The summed E-state index contributed by atoms with van der Waals surface area (Å²) in [6.45, 7) is 4.69. The van der Waals surface area contributed by atoms with Crippen molar-refractivity contribution in [2.24, 2.45) is 17.3 Å². The molecule has 0 saturated heterocycles. The van der Waals surface area contributed by atoms with E-state index in [2.05, 4.69) is 26.0 Å². The lowest BCUT2D eigenvalue weighted by molar-refractivity contribution is 0.487. The summed E-state index contributed by atoms with van der Waals surface area (Å²) >= 11 is 0. The molecule has 3 unspecified atom stereocenters. The lowest BCUT2D eigenvalue weighted by atomic mass is 9.91. The minimum Gasteiger partial charge on any atom is -0.0851 e. The highest BCUT2D eigenvalue weighted by molar-refractivity contribution is 5.17. The van der Waals surface area contributed by atoms with Gasteiger partial charge in [0, 0.05) is 0 Å². The van der Waals surface area contributed by atoms with E-state index in [1.165, 1.54) is 12.8 Å². The van der Waals surface area contributed by atoms with Gasteiger partial charge in [-0.05, 0) is 30.1 Å². The van der Waals surface area contributed by atoms with Crippen LogP contribution in [0.4, 0.5) is 0 Å². The molecule has 50 valence electrons. The standard InChI is InChI=1S/C9H14/c1-7-3-4-9(2)6-8(9)5-7/h3-4,7-8H,5-6H2,1-2H3. The summed E-state index contributed by atoms with van der Waals surface area (Å²) in [5.41, 5.74) is 0.645. The Morgan fingerprint density at radius 1 is 1.56 bits per heavy atom. The van der Waals surface area contributed by atoms with E-state index >= 15 is 0 Å². The quantitative estimate of drug-likeness (QED) is 0.433. The molecule has 0 nitrogen and oxygen atoms in total. The molecular weight excluding hydrogens is 108 g/mol. The van der Waals surface area contributed by atoms with E-state index in [4.69, 9.17) is 0 Å². The second kappa shape index (κ2) is 1.42. The summed E-state index contributed by atoms with van der Waals surface area (Å²) in [4.78, 5) is 0. The van der Waals surface area contributed by atoms with Gasteiger partial charge >= 0.3 is 0 Å². The van der Waals surface area contributed by atoms with Gasteiger partial charge in [-0.1, -0.05) is 26.0 Å². The summed E-state index contributed by atoms with van der Waals surface area (Å²) in [7, 11) is 0. The van der Waals surface area contributed by atoms with E-state index in [0.717, 1.165) is 11.8 Å². The van der Waals surface area contributed by atoms with Gasteiger partial charge in [0.05, 0.1) is 0 Å². The fourth-order valence-electron chi connectivity index (χ4n) is 1.94. The van der Waals surface area contributed by atoms with Crippen molar-refractivity contribution >= 4 is 0 Å². The molecule has 0 aromatic rings. The molecule has 0 amide bonds. The molecule has 0 radical (unpaired) electrons. The van der Waals surface area contributed by atoms with Crippen molar-refractivity contribution in [1.29, 1.82) is 0 Å². The van der Waals surface area contributed by atoms with Gasteiger partial charge in [-0.3, -0.25) is 0 Å². The van der Waals surface area contributed by atoms with Gasteiger partial charge in [0.2, 0.25) is 0 Å². The second-order valence-electron chi connectivity index (χ2n) is 3.98. The molecule has 0 N–H and O–H groups in total. The number of fused-ring (bicyclic) bond motifs is 1. The molecule has 0 heteroatoms. The lowest BCUT2D eigenvalue weighted by Crippen LogP contribution is -2.04. The number of rotatable bonds is 0. The van der Waals surface area contributed by atoms with Crippen molar-refractivity contribution < 1.29 is 0 Å². The fourth-order valence-corrected chi connectivity index (χ4v) is 1.94. The van der Waals surface area contributed by atoms with E-state index < -0.39 is 0 Å². The second-order valence-corrected chi connectivity index (χ2v) is 3.98. The maximum Gasteiger partial charge on any atom is -0.0115 e. The van der Waals surface area contributed by atoms with Crippen molar-refractivity contribution in [3.63, 3.8) is 0 Å². The van der Waals surface area contributed by atoms with Crippen molar-refractivity contribution in [3.8, 4) is 0 Å². The zero-order valence-electron chi connectivity index (χ0n) is 6.22. The molecular formula is C9H14. The summed E-state index contributed by atoms with van der Waals surface area (Å²) in [5.74, 6) is 1.89. The van der Waals surface area contributed by atoms with E-state index in [9.17, 15) is 0 Å². The highest BCUT2D eigenvalue weighted by Gasteiger charge is 2.49. The zero-order chi connectivity index (χ0) is 6.48. The Kier molecular flexibility index (Phi) is 0.870. The Morgan fingerprint density at radius 3 is 2.89 bits per heavy atom. The first kappa shape index (κ1) is 5.52. The fraction of sp³-hybridized carbons (Fsp3) is 0.778. The SMILES string of the molecule is CC1C=CC2(C)CC2C1. The molecule has 9 heavy (non-hydrogen) atoms. The summed E-state index contributed by atoms with van der Waals surface area (Å²) in [6.07, 6.45) is 7.69. The highest BCUT2D eigenvalue weighted by atomic mass is 14.5. The molecule has 0 spiro atoms. The van der Waals surface area contributed by atoms with Crippen LogP contribution in [0.3, 0.4) is 0 Å². The average Bonchev–Trinajstić information content (AvgIpc) is 2.41. The summed E-state index contributed by atoms with van der Waals surface area (Å²) in [6, 6.07) is 0. The van der Waals surface area contributed by atoms with Crippen LogP contribution in [0.25, 0.3) is 0 Å². The smallest absolute Gasteiger partial charge is 0.0115 e. The normalized spacial score (nSPS) is 54.9. The molecule has 0 aromatic carbocycles. The predicted molar refractivity (Wildman–Crippen MR) is 39.1 cm³/mol. The molecule has 1 saturated carbocycles. The van der Waals surface area contributed by atoms with Gasteiger partial charge in [0.25, 0.3) is 0 Å². The van der Waals surface area contributed by atoms with E-state index in [1.807, 2.05) is 0 Å². The largest absolute Gasteiger partial charge is 0.0851 e. The average molecular weight is 122 g/mol. The van der Waals surface area contributed by atoms with Gasteiger partial charge < -0.3 is 0 Å². The van der Waals surface area contributed by atoms with Crippen LogP contribution in [-0.2, 0) is 0 Å². The van der Waals surface area contributed by atoms with Crippen LogP contribution in [-0.4, -0.2) is 0 Å². The molecule has 0 aliphatic heterocycles. The lowest BCUT2D eigenvalue weighted by Gasteiger charge is -2.14. The third-order valence-electron chi connectivity index (χ3n) is 2.92. The van der Waals surface area contributed by atoms with Gasteiger partial charge in [0.1, 0.15) is 0 Å². The molecule has 2 aliphatic carbocycles. The predicted octanol–water partition coefficient (Wildman–Crippen LogP) is 2.61. The molecule has 0 aromatic heterocycles. The van der Waals surface area contributed by atoms with Crippen molar-refractivity contribution in [1.82, 2.24) is 0 Å². The Bertz CT molecular complexity index is 157. The Hall–Kier alpha value is -0.260. The van der Waals surface area contributed by atoms with Gasteiger partial charge in [-0.15, -0.1) is 0 Å². The first-order chi connectivity index (χ1) is 4.21. The van der Waals surface area contributed by atoms with Crippen LogP contribution >= 0.6 is 0 Å². The number of hydrogen-bond acceptors (Lipinski definition) is 0. The van der Waals surface area contributed by atoms with E-state index in [-0.39, 0.29) is 0 Å². The zero-order valence-corrected chi connectivity index (χ0v) is 6.22. The molecule has 0 bridgehead atoms. The van der Waals surface area contributed by atoms with Gasteiger partial charge in [-0.2, -0.15) is 0 Å². The number of allylic oxidation sites excluding steroid dienone is 2. The number of hydrogen-bond donors (Lipinski definition) is 0. The monoisotopic (exact) mass is 122 g/mol. The van der Waals surface area contributed by atoms with Crippen LogP contribution < -0.4 is 0 Å². The molecule has 2 aliphatic rings. The molecule has 3 atom stereocenters. The van der Waals surface area contributed by atoms with E-state index in [1.54, 1.807) is 0 Å². The maximum atomic E-state index is 2.42. The van der Waals surface area contributed by atoms with Gasteiger partial charge in [-0.25, -0.2) is 0 Å². The first-order valence-corrected chi connectivity index (χ1v) is 3.90. The minimum absolute atomic E-state index is 0.645. The highest BCUT2D eigenvalue weighted by Crippen LogP contribution is 2.58. The van der Waals surface area contributed by atoms with Gasteiger partial charge in [0.15, 0.2) is 0 Å². The third-order valence-corrected chi connectivity index (χ3v) is 2.92. The Morgan fingerprint density at radius 2 is 2.33 bits per heavy atom. The molecule has 1 fully saturated rings. The summed E-state index contributed by atoms with van der Waals surface area (Å²) in [5, 5.41) is 0. The van der Waals surface area contributed by atoms with Crippen molar-refractivity contribution in [2.45, 2.75) is 26.7 Å². The molecule has 0 heterocycles. The van der Waals surface area contributed by atoms with Crippen molar-refractivity contribution in [2.75, 3.05) is 0 Å². The van der Waals surface area contributed by atoms with Crippen LogP contribution in [0.15, 0.2) is 12.2 Å². The Labute approximate surface area is 57.0 Å². The first-order valence-electron chi connectivity index (χ1n) is 3.90. The topological polar surface area (TPSA) is 0 Å². The maximum absolute atomic E-state index is 2.42. The van der Waals surface area contributed by atoms with Crippen molar-refractivity contribution in [3.05, 3.63) is 12.2 Å². The van der Waals surface area contributed by atoms with Crippen LogP contribution in [0, 0.1) is 17.3 Å². The minimum atomic E-state index is 0.645. The van der Waals surface area contributed by atoms with Crippen LogP contribution in [0.1, 0.15) is 26.7 Å². The third kappa shape index (κ3) is 0.726. The van der Waals surface area contributed by atoms with E-state index in [0.29, 0.717) is 5.41 Å². The Balaban J connectivity index is 2.18. The van der Waals surface area contributed by atoms with Crippen LogP contribution in [0.2, 0.25) is 0 Å². The van der Waals surface area contributed by atoms with Crippen LogP contribution in [0.5, 0.6) is 0 Å².